The number of H-pyrrole nitrogens is 1. The summed E-state index contributed by atoms with van der Waals surface area (Å²) in [5.74, 6) is -2.51. The average molecular weight is 548 g/mol. The molecule has 16 heteroatoms. The Kier molecular flexibility index (Phi) is 7.60. The first-order valence-electron chi connectivity index (χ1n) is 11.0. The summed E-state index contributed by atoms with van der Waals surface area (Å²) in [5.41, 5.74) is 6.58. The van der Waals surface area contributed by atoms with E-state index >= 15 is 0 Å². The zero-order valence-corrected chi connectivity index (χ0v) is 21.8. The van der Waals surface area contributed by atoms with Gasteiger partial charge >= 0.3 is 0 Å². The summed E-state index contributed by atoms with van der Waals surface area (Å²) in [6, 6.07) is 0.927. The minimum Gasteiger partial charge on any atom is -0.543 e. The van der Waals surface area contributed by atoms with E-state index < -0.39 is 29.2 Å². The van der Waals surface area contributed by atoms with Crippen molar-refractivity contribution >= 4 is 51.9 Å². The van der Waals surface area contributed by atoms with E-state index in [1.807, 2.05) is 26.2 Å². The van der Waals surface area contributed by atoms with E-state index in [0.29, 0.717) is 28.9 Å². The smallest absolute Gasteiger partial charge is 0.278 e. The van der Waals surface area contributed by atoms with Gasteiger partial charge in [0.15, 0.2) is 5.13 Å². The van der Waals surface area contributed by atoms with Crippen LogP contribution < -0.4 is 16.2 Å². The van der Waals surface area contributed by atoms with Crippen molar-refractivity contribution in [1.82, 2.24) is 29.8 Å². The number of rotatable bonds is 10. The van der Waals surface area contributed by atoms with Gasteiger partial charge < -0.3 is 30.3 Å². The highest BCUT2D eigenvalue weighted by Crippen LogP contribution is 2.40. The summed E-state index contributed by atoms with van der Waals surface area (Å²) in [7, 11) is 5.32. The highest BCUT2D eigenvalue weighted by molar-refractivity contribution is 8.00. The number of nitrogen functional groups attached to an aromatic ring is 1. The van der Waals surface area contributed by atoms with Crippen molar-refractivity contribution in [2.45, 2.75) is 18.0 Å². The Morgan fingerprint density at radius 3 is 2.86 bits per heavy atom. The number of nitrogens with zero attached hydrogens (tertiary/aromatic N) is 6. The molecule has 2 amide bonds. The number of β-lactam (4-membered cyclic amide) rings is 1. The Morgan fingerprint density at radius 1 is 1.46 bits per heavy atom. The number of aromatic amines is 1. The van der Waals surface area contributed by atoms with Crippen molar-refractivity contribution in [1.29, 1.82) is 0 Å². The molecule has 4 N–H and O–H groups in total. The number of fused-ring (bicyclic) bond motifs is 1. The van der Waals surface area contributed by atoms with Gasteiger partial charge in [0.1, 0.15) is 25.1 Å². The summed E-state index contributed by atoms with van der Waals surface area (Å²) in [6.07, 6.45) is 5.27. The molecule has 0 unspecified atom stereocenters. The minimum absolute atomic E-state index is 0.0432. The molecular formula is C21H25N9O5S2. The summed E-state index contributed by atoms with van der Waals surface area (Å²) >= 11 is 2.21. The molecule has 14 nitrogen and oxygen atoms in total. The molecule has 2 aromatic heterocycles. The highest BCUT2D eigenvalue weighted by atomic mass is 32.2. The quantitative estimate of drug-likeness (QED) is 0.135. The SMILES string of the molecule is CO/N=C(\C(=O)N[C@@H]1C(=O)N2C(C(=O)[O-])=C(/C=C/C[N+](C)(C)Cc3ccn[nH]3)CS[C@@H]12)c1nsc(N)n1. The van der Waals surface area contributed by atoms with E-state index in [1.165, 1.54) is 18.9 Å². The number of allylic oxidation sites excluding steroid dienone is 1. The monoisotopic (exact) mass is 547 g/mol. The first kappa shape index (κ1) is 26.3. The number of aromatic nitrogens is 4. The normalized spacial score (nSPS) is 20.1. The van der Waals surface area contributed by atoms with Crippen molar-refractivity contribution in [2.24, 2.45) is 5.16 Å². The third-order valence-corrected chi connectivity index (χ3v) is 7.45. The standard InChI is InChI=1S/C21H25N9O5S2/c1-30(2,9-12-6-7-23-26-12)8-4-5-11-10-36-19-14(18(32)29(19)15(11)20(33)34)24-17(31)13(27-35-3)16-25-21(22)37-28-16/h4-7,14,19H,8-10H2,1-3H3,(H4-,22,23,24,25,26,28,31,33,34)/b5-4+,27-13-/t14-,19+/m1/s1. The molecule has 1 saturated heterocycles. The topological polar surface area (TPSA) is 192 Å². The van der Waals surface area contributed by atoms with Crippen molar-refractivity contribution in [3.8, 4) is 0 Å². The van der Waals surface area contributed by atoms with Gasteiger partial charge in [-0.15, -0.1) is 11.8 Å². The number of amides is 2. The van der Waals surface area contributed by atoms with Crippen LogP contribution in [0.3, 0.4) is 0 Å². The lowest BCUT2D eigenvalue weighted by molar-refractivity contribution is -0.898. The lowest BCUT2D eigenvalue weighted by Gasteiger charge is -2.50. The van der Waals surface area contributed by atoms with Crippen LogP contribution >= 0.6 is 23.3 Å². The number of hydrogen-bond acceptors (Lipinski definition) is 12. The van der Waals surface area contributed by atoms with Gasteiger partial charge in [-0.1, -0.05) is 11.2 Å². The molecule has 0 radical (unpaired) electrons. The van der Waals surface area contributed by atoms with Crippen molar-refractivity contribution in [3.63, 3.8) is 0 Å². The molecule has 2 atom stereocenters. The number of quaternary nitrogens is 1. The number of hydrogen-bond donors (Lipinski definition) is 3. The van der Waals surface area contributed by atoms with Gasteiger partial charge in [0.05, 0.1) is 38.0 Å². The van der Waals surface area contributed by atoms with Crippen molar-refractivity contribution in [2.75, 3.05) is 39.2 Å². The Bertz CT molecular complexity index is 1290. The zero-order valence-electron chi connectivity index (χ0n) is 20.2. The summed E-state index contributed by atoms with van der Waals surface area (Å²) in [5, 5.41) is 24.6. The summed E-state index contributed by atoms with van der Waals surface area (Å²) in [4.78, 5) is 47.5. The molecule has 0 spiro atoms. The molecule has 2 aromatic rings. The number of likely N-dealkylation sites (N-methyl/N-ethyl adjacent to an activating group) is 1. The fourth-order valence-corrected chi connectivity index (χ4v) is 5.71. The van der Waals surface area contributed by atoms with Crippen LogP contribution in [0.25, 0.3) is 0 Å². The molecule has 37 heavy (non-hydrogen) atoms. The molecule has 2 aliphatic rings. The molecule has 0 bridgehead atoms. The number of anilines is 1. The Balaban J connectivity index is 1.46. The van der Waals surface area contributed by atoms with Gasteiger partial charge in [0.25, 0.3) is 11.8 Å². The van der Waals surface area contributed by atoms with Gasteiger partial charge in [-0.2, -0.15) is 14.5 Å². The van der Waals surface area contributed by atoms with E-state index in [2.05, 4.69) is 30.0 Å². The number of carbonyl (C=O) groups excluding carboxylic acids is 3. The average Bonchev–Trinajstić information content (AvgIpc) is 3.51. The number of nitrogens with two attached hydrogens (primary N) is 1. The van der Waals surface area contributed by atoms with Crippen LogP contribution in [0.5, 0.6) is 0 Å². The molecule has 2 aliphatic heterocycles. The van der Waals surface area contributed by atoms with E-state index in [4.69, 9.17) is 10.6 Å². The third-order valence-electron chi connectivity index (χ3n) is 5.60. The molecule has 4 heterocycles. The predicted octanol–water partition coefficient (Wildman–Crippen LogP) is -1.57. The molecular weight excluding hydrogens is 522 g/mol. The van der Waals surface area contributed by atoms with Gasteiger partial charge in [-0.05, 0) is 17.7 Å². The van der Waals surface area contributed by atoms with Crippen LogP contribution in [-0.4, -0.2) is 97.4 Å². The molecule has 196 valence electrons. The van der Waals surface area contributed by atoms with Crippen molar-refractivity contribution < 1.29 is 28.8 Å². The van der Waals surface area contributed by atoms with Gasteiger partial charge in [0, 0.05) is 23.5 Å². The lowest BCUT2D eigenvalue weighted by atomic mass is 10.0. The van der Waals surface area contributed by atoms with Crippen LogP contribution in [0.15, 0.2) is 40.8 Å². The lowest BCUT2D eigenvalue weighted by Crippen LogP contribution is -2.71. The number of aliphatic carboxylic acids is 1. The molecule has 1 fully saturated rings. The first-order chi connectivity index (χ1) is 17.6. The Labute approximate surface area is 220 Å². The van der Waals surface area contributed by atoms with E-state index in [0.717, 1.165) is 22.1 Å². The predicted molar refractivity (Wildman–Crippen MR) is 133 cm³/mol. The molecule has 0 saturated carbocycles. The second-order valence-electron chi connectivity index (χ2n) is 8.86. The van der Waals surface area contributed by atoms with Crippen molar-refractivity contribution in [3.05, 3.63) is 47.2 Å². The fraction of sp³-hybridized carbons (Fsp3) is 0.381. The number of thioether (sulfide) groups is 1. The number of nitrogens with one attached hydrogen (secondary N) is 2. The molecule has 0 aromatic carbocycles. The second-order valence-corrected chi connectivity index (χ2v) is 10.8. The Morgan fingerprint density at radius 2 is 2.24 bits per heavy atom. The van der Waals surface area contributed by atoms with Crippen LogP contribution in [0, 0.1) is 0 Å². The first-order valence-corrected chi connectivity index (χ1v) is 12.8. The van der Waals surface area contributed by atoms with Gasteiger partial charge in [-0.25, -0.2) is 0 Å². The second kappa shape index (κ2) is 10.7. The van der Waals surface area contributed by atoms with Crippen LogP contribution in [0.2, 0.25) is 0 Å². The summed E-state index contributed by atoms with van der Waals surface area (Å²) < 4.78 is 4.55. The Hall–Kier alpha value is -3.76. The van der Waals surface area contributed by atoms with E-state index in [1.54, 1.807) is 12.3 Å². The van der Waals surface area contributed by atoms with E-state index in [9.17, 15) is 19.5 Å². The maximum Gasteiger partial charge on any atom is 0.278 e. The summed E-state index contributed by atoms with van der Waals surface area (Å²) in [6.45, 7) is 1.32. The molecule has 4 rings (SSSR count). The number of carboxylic acid groups (broad SMARTS) is 1. The molecule has 0 aliphatic carbocycles. The van der Waals surface area contributed by atoms with Gasteiger partial charge in [0.2, 0.25) is 11.5 Å². The van der Waals surface area contributed by atoms with Crippen LogP contribution in [0.1, 0.15) is 11.5 Å². The maximum atomic E-state index is 12.9. The third kappa shape index (κ3) is 5.65. The number of carboxylic acids is 1. The zero-order chi connectivity index (χ0) is 26.7. The van der Waals surface area contributed by atoms with E-state index in [-0.39, 0.29) is 22.4 Å². The highest BCUT2D eigenvalue weighted by Gasteiger charge is 2.53. The minimum atomic E-state index is -1.46. The maximum absolute atomic E-state index is 12.9. The van der Waals surface area contributed by atoms with Crippen LogP contribution in [0.4, 0.5) is 5.13 Å². The van der Waals surface area contributed by atoms with Gasteiger partial charge in [-0.3, -0.25) is 19.6 Å². The fourth-order valence-electron chi connectivity index (χ4n) is 3.95. The van der Waals surface area contributed by atoms with Crippen LogP contribution in [-0.2, 0) is 25.8 Å². The number of oxime groups is 1. The largest absolute Gasteiger partial charge is 0.543 e. The number of carbonyl (C=O) groups is 3.